The van der Waals surface area contributed by atoms with Gasteiger partial charge in [0.05, 0.1) is 12.3 Å². The van der Waals surface area contributed by atoms with Gasteiger partial charge in [-0.05, 0) is 24.4 Å². The Morgan fingerprint density at radius 2 is 2.57 bits per heavy atom. The van der Waals surface area contributed by atoms with Crippen LogP contribution in [0.5, 0.6) is 0 Å². The maximum absolute atomic E-state index is 11.3. The van der Waals surface area contributed by atoms with Gasteiger partial charge in [-0.25, -0.2) is 0 Å². The SMILES string of the molecule is CCC(O)CCNC(=O)c1cnns1. The summed E-state index contributed by atoms with van der Waals surface area (Å²) in [6, 6.07) is 0. The predicted molar refractivity (Wildman–Crippen MR) is 53.2 cm³/mol. The van der Waals surface area contributed by atoms with Crippen LogP contribution in [0.25, 0.3) is 0 Å². The number of hydrogen-bond acceptors (Lipinski definition) is 5. The molecule has 0 aliphatic rings. The fourth-order valence-corrected chi connectivity index (χ4v) is 1.34. The number of nitrogens with one attached hydrogen (secondary N) is 1. The van der Waals surface area contributed by atoms with E-state index in [1.165, 1.54) is 6.20 Å². The number of carbonyl (C=O) groups excluding carboxylic acids is 1. The molecule has 1 aromatic heterocycles. The molecule has 14 heavy (non-hydrogen) atoms. The highest BCUT2D eigenvalue weighted by molar-refractivity contribution is 7.07. The van der Waals surface area contributed by atoms with E-state index in [1.807, 2.05) is 6.92 Å². The number of rotatable bonds is 5. The second kappa shape index (κ2) is 5.66. The number of carbonyl (C=O) groups is 1. The van der Waals surface area contributed by atoms with E-state index in [0.29, 0.717) is 24.3 Å². The summed E-state index contributed by atoms with van der Waals surface area (Å²) in [5.41, 5.74) is 0. The standard InChI is InChI=1S/C8H13N3O2S/c1-2-6(12)3-4-9-8(13)7-5-10-11-14-7/h5-6,12H,2-4H2,1H3,(H,9,13). The first-order valence-corrected chi connectivity index (χ1v) is 5.25. The summed E-state index contributed by atoms with van der Waals surface area (Å²) in [6.07, 6.45) is 2.37. The lowest BCUT2D eigenvalue weighted by Gasteiger charge is -2.07. The third-order valence-electron chi connectivity index (χ3n) is 1.82. The largest absolute Gasteiger partial charge is 0.393 e. The Hall–Kier alpha value is -1.01. The van der Waals surface area contributed by atoms with Gasteiger partial charge in [0.25, 0.3) is 5.91 Å². The van der Waals surface area contributed by atoms with E-state index >= 15 is 0 Å². The molecule has 5 nitrogen and oxygen atoms in total. The number of aliphatic hydroxyl groups excluding tert-OH is 1. The van der Waals surface area contributed by atoms with Gasteiger partial charge in [-0.15, -0.1) is 5.10 Å². The molecule has 1 unspecified atom stereocenters. The Morgan fingerprint density at radius 3 is 3.14 bits per heavy atom. The molecule has 1 heterocycles. The van der Waals surface area contributed by atoms with Crippen LogP contribution in [0.4, 0.5) is 0 Å². The average Bonchev–Trinajstić information content (AvgIpc) is 2.70. The molecule has 0 saturated carbocycles. The monoisotopic (exact) mass is 215 g/mol. The second-order valence-electron chi connectivity index (χ2n) is 2.89. The van der Waals surface area contributed by atoms with Crippen molar-refractivity contribution in [3.63, 3.8) is 0 Å². The van der Waals surface area contributed by atoms with Crippen molar-refractivity contribution in [2.45, 2.75) is 25.9 Å². The van der Waals surface area contributed by atoms with E-state index in [0.717, 1.165) is 11.5 Å². The molecule has 1 aromatic rings. The lowest BCUT2D eigenvalue weighted by molar-refractivity contribution is 0.0946. The van der Waals surface area contributed by atoms with Crippen molar-refractivity contribution in [3.05, 3.63) is 11.1 Å². The molecule has 0 aliphatic heterocycles. The number of aliphatic hydroxyl groups is 1. The zero-order valence-electron chi connectivity index (χ0n) is 7.93. The average molecular weight is 215 g/mol. The molecule has 78 valence electrons. The Morgan fingerprint density at radius 1 is 1.79 bits per heavy atom. The number of aromatic nitrogens is 2. The highest BCUT2D eigenvalue weighted by atomic mass is 32.1. The van der Waals surface area contributed by atoms with Crippen LogP contribution in [-0.4, -0.2) is 33.2 Å². The van der Waals surface area contributed by atoms with Crippen LogP contribution in [0, 0.1) is 0 Å². The van der Waals surface area contributed by atoms with E-state index < -0.39 is 0 Å². The topological polar surface area (TPSA) is 75.1 Å². The first kappa shape index (κ1) is 11.1. The van der Waals surface area contributed by atoms with Gasteiger partial charge in [0.2, 0.25) is 0 Å². The maximum atomic E-state index is 11.3. The molecule has 0 saturated heterocycles. The Balaban J connectivity index is 2.23. The first-order valence-electron chi connectivity index (χ1n) is 4.47. The Bertz CT molecular complexity index is 276. The maximum Gasteiger partial charge on any atom is 0.264 e. The highest BCUT2D eigenvalue weighted by Gasteiger charge is 2.08. The quantitative estimate of drug-likeness (QED) is 0.747. The summed E-state index contributed by atoms with van der Waals surface area (Å²) < 4.78 is 3.58. The normalized spacial score (nSPS) is 12.4. The fraction of sp³-hybridized carbons (Fsp3) is 0.625. The van der Waals surface area contributed by atoms with Crippen molar-refractivity contribution < 1.29 is 9.90 Å². The van der Waals surface area contributed by atoms with Crippen molar-refractivity contribution in [3.8, 4) is 0 Å². The lowest BCUT2D eigenvalue weighted by Crippen LogP contribution is -2.26. The third kappa shape index (κ3) is 3.39. The van der Waals surface area contributed by atoms with E-state index in [-0.39, 0.29) is 12.0 Å². The van der Waals surface area contributed by atoms with Gasteiger partial charge in [-0.2, -0.15) is 0 Å². The summed E-state index contributed by atoms with van der Waals surface area (Å²) in [6.45, 7) is 2.38. The summed E-state index contributed by atoms with van der Waals surface area (Å²) in [4.78, 5) is 11.8. The molecule has 1 rings (SSSR count). The van der Waals surface area contributed by atoms with Gasteiger partial charge < -0.3 is 10.4 Å². The van der Waals surface area contributed by atoms with Crippen molar-refractivity contribution in [1.82, 2.24) is 14.9 Å². The third-order valence-corrected chi connectivity index (χ3v) is 2.48. The molecule has 1 amide bonds. The van der Waals surface area contributed by atoms with Crippen LogP contribution < -0.4 is 5.32 Å². The molecule has 1 atom stereocenters. The minimum Gasteiger partial charge on any atom is -0.393 e. The van der Waals surface area contributed by atoms with Gasteiger partial charge in [-0.3, -0.25) is 4.79 Å². The van der Waals surface area contributed by atoms with Crippen LogP contribution in [0.15, 0.2) is 6.20 Å². The smallest absolute Gasteiger partial charge is 0.264 e. The van der Waals surface area contributed by atoms with Gasteiger partial charge >= 0.3 is 0 Å². The molecule has 0 bridgehead atoms. The van der Waals surface area contributed by atoms with Crippen molar-refractivity contribution in [2.75, 3.05) is 6.54 Å². The number of hydrogen-bond donors (Lipinski definition) is 2. The van der Waals surface area contributed by atoms with E-state index in [1.54, 1.807) is 0 Å². The Kier molecular flexibility index (Phi) is 4.48. The minimum absolute atomic E-state index is 0.177. The number of amides is 1. The van der Waals surface area contributed by atoms with Crippen molar-refractivity contribution in [2.24, 2.45) is 0 Å². The van der Waals surface area contributed by atoms with E-state index in [9.17, 15) is 9.90 Å². The lowest BCUT2D eigenvalue weighted by atomic mass is 10.2. The zero-order chi connectivity index (χ0) is 10.4. The van der Waals surface area contributed by atoms with Gasteiger partial charge in [0, 0.05) is 6.54 Å². The van der Waals surface area contributed by atoms with Crippen molar-refractivity contribution >= 4 is 17.4 Å². The molecule has 0 aliphatic carbocycles. The summed E-state index contributed by atoms with van der Waals surface area (Å²) in [5, 5.41) is 15.5. The Labute approximate surface area is 86.3 Å². The zero-order valence-corrected chi connectivity index (χ0v) is 8.75. The number of nitrogens with zero attached hydrogens (tertiary/aromatic N) is 2. The van der Waals surface area contributed by atoms with E-state index in [2.05, 4.69) is 14.9 Å². The predicted octanol–water partition coefficient (Wildman–Crippen LogP) is 0.429. The molecule has 0 aromatic carbocycles. The van der Waals surface area contributed by atoms with Gasteiger partial charge in [-0.1, -0.05) is 11.4 Å². The van der Waals surface area contributed by atoms with Crippen LogP contribution >= 0.6 is 11.5 Å². The minimum atomic E-state index is -0.338. The summed E-state index contributed by atoms with van der Waals surface area (Å²) in [7, 11) is 0. The van der Waals surface area contributed by atoms with Crippen molar-refractivity contribution in [1.29, 1.82) is 0 Å². The molecule has 0 spiro atoms. The van der Waals surface area contributed by atoms with Gasteiger partial charge in [0.1, 0.15) is 4.88 Å². The summed E-state index contributed by atoms with van der Waals surface area (Å²) >= 11 is 1.06. The van der Waals surface area contributed by atoms with Gasteiger partial charge in [0.15, 0.2) is 0 Å². The fourth-order valence-electron chi connectivity index (χ4n) is 0.911. The molecule has 0 radical (unpaired) electrons. The summed E-state index contributed by atoms with van der Waals surface area (Å²) in [5.74, 6) is -0.177. The molecule has 0 fully saturated rings. The molecular weight excluding hydrogens is 202 g/mol. The first-order chi connectivity index (χ1) is 6.74. The molecular formula is C8H13N3O2S. The molecule has 2 N–H and O–H groups in total. The van der Waals surface area contributed by atoms with Crippen LogP contribution in [0.1, 0.15) is 29.4 Å². The van der Waals surface area contributed by atoms with E-state index in [4.69, 9.17) is 0 Å². The van der Waals surface area contributed by atoms with Crippen LogP contribution in [0.3, 0.4) is 0 Å². The second-order valence-corrected chi connectivity index (χ2v) is 3.67. The highest BCUT2D eigenvalue weighted by Crippen LogP contribution is 2.01. The van der Waals surface area contributed by atoms with Crippen LogP contribution in [-0.2, 0) is 0 Å². The van der Waals surface area contributed by atoms with Crippen LogP contribution in [0.2, 0.25) is 0 Å². The molecule has 6 heteroatoms.